The molecule has 0 amide bonds. The Morgan fingerprint density at radius 1 is 1.10 bits per heavy atom. The number of halogens is 3. The van der Waals surface area contributed by atoms with Gasteiger partial charge in [-0.3, -0.25) is 4.90 Å². The van der Waals surface area contributed by atoms with Crippen LogP contribution >= 0.6 is 0 Å². The van der Waals surface area contributed by atoms with E-state index in [-0.39, 0.29) is 23.4 Å². The number of nitrogens with zero attached hydrogens (tertiary/aromatic N) is 1. The van der Waals surface area contributed by atoms with Crippen LogP contribution in [0.25, 0.3) is 0 Å². The maximum absolute atomic E-state index is 13.2. The van der Waals surface area contributed by atoms with Crippen LogP contribution < -0.4 is 0 Å². The molecule has 0 radical (unpaired) electrons. The van der Waals surface area contributed by atoms with Crippen molar-refractivity contribution in [2.24, 2.45) is 0 Å². The summed E-state index contributed by atoms with van der Waals surface area (Å²) in [5, 5.41) is 0. The number of alkyl halides is 2. The zero-order chi connectivity index (χ0) is 22.6. The van der Waals surface area contributed by atoms with Crippen LogP contribution in [0.5, 0.6) is 0 Å². The van der Waals surface area contributed by atoms with Gasteiger partial charge in [0.1, 0.15) is 15.7 Å². The Kier molecular flexibility index (Phi) is 7.78. The highest BCUT2D eigenvalue weighted by molar-refractivity contribution is 7.90. The minimum Gasteiger partial charge on any atom is -0.318 e. The predicted octanol–water partition coefficient (Wildman–Crippen LogP) is 4.57. The number of hydrogen-bond acceptors (Lipinski definition) is 4. The third-order valence-electron chi connectivity index (χ3n) is 5.73. The van der Waals surface area contributed by atoms with Gasteiger partial charge >= 0.3 is 6.61 Å². The molecule has 1 aliphatic heterocycles. The van der Waals surface area contributed by atoms with E-state index in [0.717, 1.165) is 16.7 Å². The zero-order valence-corrected chi connectivity index (χ0v) is 18.5. The van der Waals surface area contributed by atoms with Gasteiger partial charge in [0.05, 0.1) is 11.9 Å². The highest BCUT2D eigenvalue weighted by Gasteiger charge is 2.33. The van der Waals surface area contributed by atoms with E-state index in [4.69, 9.17) is 4.74 Å². The van der Waals surface area contributed by atoms with E-state index in [2.05, 4.69) is 4.90 Å². The Morgan fingerprint density at radius 3 is 2.32 bits per heavy atom. The number of likely N-dealkylation sites (tertiary alicyclic amines) is 1. The molecule has 1 saturated heterocycles. The molecular weight excluding hydrogens is 427 g/mol. The molecule has 4 nitrogen and oxygen atoms in total. The van der Waals surface area contributed by atoms with E-state index < -0.39 is 22.6 Å². The first-order valence-electron chi connectivity index (χ1n) is 10.3. The van der Waals surface area contributed by atoms with Crippen LogP contribution in [0.2, 0.25) is 0 Å². The summed E-state index contributed by atoms with van der Waals surface area (Å²) in [6.07, 6.45) is 1.17. The lowest BCUT2D eigenvalue weighted by molar-refractivity contribution is -0.180. The van der Waals surface area contributed by atoms with Gasteiger partial charge in [0, 0.05) is 25.3 Å². The van der Waals surface area contributed by atoms with Crippen LogP contribution in [0.4, 0.5) is 13.2 Å². The predicted molar refractivity (Wildman–Crippen MR) is 114 cm³/mol. The quantitative estimate of drug-likeness (QED) is 0.585. The smallest absolute Gasteiger partial charge is 0.318 e. The molecule has 0 aliphatic carbocycles. The summed E-state index contributed by atoms with van der Waals surface area (Å²) in [4.78, 5) is 2.07. The monoisotopic (exact) mass is 455 g/mol. The van der Waals surface area contributed by atoms with Gasteiger partial charge in [0.25, 0.3) is 0 Å². The molecule has 0 bridgehead atoms. The molecule has 0 spiro atoms. The van der Waals surface area contributed by atoms with Gasteiger partial charge in [-0.15, -0.1) is 0 Å². The zero-order valence-electron chi connectivity index (χ0n) is 17.7. The fourth-order valence-corrected chi connectivity index (χ4v) is 5.35. The van der Waals surface area contributed by atoms with Crippen LogP contribution in [-0.4, -0.2) is 51.1 Å². The van der Waals surface area contributed by atoms with Crippen molar-refractivity contribution in [3.63, 3.8) is 0 Å². The molecule has 3 rings (SSSR count). The Hall–Kier alpha value is -1.90. The largest absolute Gasteiger partial charge is 0.345 e. The second-order valence-corrected chi connectivity index (χ2v) is 10.5. The first-order valence-corrected chi connectivity index (χ1v) is 12.3. The van der Waals surface area contributed by atoms with E-state index in [0.29, 0.717) is 26.1 Å². The lowest BCUT2D eigenvalue weighted by atomic mass is 9.86. The molecule has 1 aliphatic rings. The third-order valence-corrected chi connectivity index (χ3v) is 6.83. The molecule has 0 saturated carbocycles. The summed E-state index contributed by atoms with van der Waals surface area (Å²) in [6.45, 7) is 0.641. The Bertz CT molecular complexity index is 949. The van der Waals surface area contributed by atoms with Crippen molar-refractivity contribution in [2.75, 3.05) is 25.1 Å². The van der Waals surface area contributed by atoms with Gasteiger partial charge in [0.2, 0.25) is 0 Å². The van der Waals surface area contributed by atoms with Crippen molar-refractivity contribution in [3.8, 4) is 0 Å². The van der Waals surface area contributed by atoms with Crippen molar-refractivity contribution >= 4 is 9.84 Å². The van der Waals surface area contributed by atoms with Gasteiger partial charge in [-0.2, -0.15) is 8.78 Å². The fraction of sp³-hybridized carbons (Fsp3) is 0.478. The SMILES string of the molecule is C[C@@H](CS(C)(=O)=O)c1ccc(CN2CCC(c3ccc(F)cc3)C(OC(F)F)C2)cc1. The first-order chi connectivity index (χ1) is 14.6. The van der Waals surface area contributed by atoms with E-state index >= 15 is 0 Å². The summed E-state index contributed by atoms with van der Waals surface area (Å²) in [6, 6.07) is 13.7. The number of rotatable bonds is 8. The summed E-state index contributed by atoms with van der Waals surface area (Å²) < 4.78 is 67.2. The van der Waals surface area contributed by atoms with Crippen molar-refractivity contribution in [1.82, 2.24) is 4.90 Å². The molecule has 0 N–H and O–H groups in total. The molecule has 1 heterocycles. The minimum absolute atomic E-state index is 0.0931. The normalized spacial score (nSPS) is 21.4. The molecule has 2 unspecified atom stereocenters. The van der Waals surface area contributed by atoms with Gasteiger partial charge in [-0.1, -0.05) is 43.3 Å². The van der Waals surface area contributed by atoms with Crippen molar-refractivity contribution in [1.29, 1.82) is 0 Å². The van der Waals surface area contributed by atoms with Crippen LogP contribution in [0, 0.1) is 5.82 Å². The Morgan fingerprint density at radius 2 is 1.74 bits per heavy atom. The van der Waals surface area contributed by atoms with Crippen LogP contribution in [0.3, 0.4) is 0 Å². The van der Waals surface area contributed by atoms with Gasteiger partial charge in [0.15, 0.2) is 0 Å². The number of hydrogen-bond donors (Lipinski definition) is 0. The lowest BCUT2D eigenvalue weighted by Crippen LogP contribution is -2.44. The third kappa shape index (κ3) is 7.05. The van der Waals surface area contributed by atoms with Crippen LogP contribution in [0.1, 0.15) is 41.9 Å². The standard InChI is InChI=1S/C23H28F3NO3S/c1-16(15-31(2,28)29)18-5-3-17(4-6-18)13-27-12-11-21(22(14-27)30-23(25)26)19-7-9-20(24)10-8-19/h3-10,16,21-23H,11-15H2,1-2H3/t16-,21?,22?/m0/s1. The van der Waals surface area contributed by atoms with E-state index in [1.807, 2.05) is 31.2 Å². The summed E-state index contributed by atoms with van der Waals surface area (Å²) in [5.74, 6) is -0.582. The van der Waals surface area contributed by atoms with E-state index in [9.17, 15) is 21.6 Å². The van der Waals surface area contributed by atoms with Gasteiger partial charge in [-0.05, 0) is 47.7 Å². The van der Waals surface area contributed by atoms with Crippen molar-refractivity contribution in [2.45, 2.75) is 44.4 Å². The molecule has 0 aromatic heterocycles. The van der Waals surface area contributed by atoms with E-state index in [1.54, 1.807) is 12.1 Å². The van der Waals surface area contributed by atoms with Crippen molar-refractivity contribution in [3.05, 3.63) is 71.0 Å². The van der Waals surface area contributed by atoms with Crippen molar-refractivity contribution < 1.29 is 26.3 Å². The summed E-state index contributed by atoms with van der Waals surface area (Å²) in [5.41, 5.74) is 2.77. The maximum atomic E-state index is 13.2. The number of piperidine rings is 1. The molecular formula is C23H28F3NO3S. The summed E-state index contributed by atoms with van der Waals surface area (Å²) in [7, 11) is -3.06. The second kappa shape index (κ2) is 10.1. The van der Waals surface area contributed by atoms with Crippen LogP contribution in [0.15, 0.2) is 48.5 Å². The molecule has 31 heavy (non-hydrogen) atoms. The molecule has 2 aromatic carbocycles. The average Bonchev–Trinajstić information content (AvgIpc) is 2.68. The van der Waals surface area contributed by atoms with Gasteiger partial charge in [-0.25, -0.2) is 12.8 Å². The molecule has 2 aromatic rings. The Balaban J connectivity index is 1.65. The van der Waals surface area contributed by atoms with Crippen LogP contribution in [-0.2, 0) is 21.1 Å². The molecule has 8 heteroatoms. The topological polar surface area (TPSA) is 46.6 Å². The highest BCUT2D eigenvalue weighted by atomic mass is 32.2. The Labute approximate surface area is 181 Å². The van der Waals surface area contributed by atoms with E-state index in [1.165, 1.54) is 18.4 Å². The second-order valence-electron chi connectivity index (χ2n) is 8.35. The lowest BCUT2D eigenvalue weighted by Gasteiger charge is -2.38. The fourth-order valence-electron chi connectivity index (χ4n) is 4.25. The number of sulfone groups is 1. The number of benzene rings is 2. The maximum Gasteiger partial charge on any atom is 0.345 e. The number of ether oxygens (including phenoxy) is 1. The van der Waals surface area contributed by atoms with Gasteiger partial charge < -0.3 is 4.74 Å². The molecule has 1 fully saturated rings. The first kappa shape index (κ1) is 23.8. The summed E-state index contributed by atoms with van der Waals surface area (Å²) >= 11 is 0. The minimum atomic E-state index is -3.06. The average molecular weight is 456 g/mol. The molecule has 3 atom stereocenters. The highest BCUT2D eigenvalue weighted by Crippen LogP contribution is 2.32. The molecule has 170 valence electrons.